The van der Waals surface area contributed by atoms with Gasteiger partial charge >= 0.3 is 0 Å². The van der Waals surface area contributed by atoms with Crippen molar-refractivity contribution in [2.45, 2.75) is 38.6 Å². The number of hydrogen-bond donors (Lipinski definition) is 0. The fourth-order valence-electron chi connectivity index (χ4n) is 4.78. The van der Waals surface area contributed by atoms with Gasteiger partial charge in [-0.05, 0) is 42.5 Å². The molecule has 0 radical (unpaired) electrons. The van der Waals surface area contributed by atoms with Crippen molar-refractivity contribution in [2.75, 3.05) is 31.1 Å². The van der Waals surface area contributed by atoms with E-state index in [4.69, 9.17) is 9.98 Å². The zero-order valence-electron chi connectivity index (χ0n) is 20.8. The number of rotatable bonds is 8. The van der Waals surface area contributed by atoms with Crippen LogP contribution in [-0.4, -0.2) is 64.5 Å². The maximum atomic E-state index is 12.9. The Morgan fingerprint density at radius 3 is 2.42 bits per heavy atom. The van der Waals surface area contributed by atoms with Gasteiger partial charge in [0.15, 0.2) is 5.84 Å². The van der Waals surface area contributed by atoms with Crippen LogP contribution >= 0.6 is 0 Å². The number of aromatic nitrogens is 2. The molecule has 1 aromatic heterocycles. The van der Waals surface area contributed by atoms with Crippen LogP contribution in [0.3, 0.4) is 0 Å². The molecule has 36 heavy (non-hydrogen) atoms. The Morgan fingerprint density at radius 2 is 1.67 bits per heavy atom. The van der Waals surface area contributed by atoms with Crippen LogP contribution in [0, 0.1) is 0 Å². The summed E-state index contributed by atoms with van der Waals surface area (Å²) >= 11 is 0. The SMILES string of the molecule is CCc1cccc(C2=NC(CCCC(=O)N3CCN(c4ncccn4)CC3)C(c3ccccc3)=N2)c1. The molecule has 2 aromatic carbocycles. The number of anilines is 1. The molecule has 184 valence electrons. The van der Waals surface area contributed by atoms with Crippen LogP contribution in [0.15, 0.2) is 83.0 Å². The van der Waals surface area contributed by atoms with E-state index < -0.39 is 0 Å². The number of amides is 1. The first-order chi connectivity index (χ1) is 17.7. The van der Waals surface area contributed by atoms with E-state index in [0.29, 0.717) is 19.5 Å². The fourth-order valence-corrected chi connectivity index (χ4v) is 4.78. The first kappa shape index (κ1) is 23.9. The third kappa shape index (κ3) is 5.51. The predicted molar refractivity (Wildman–Crippen MR) is 144 cm³/mol. The number of carbonyl (C=O) groups is 1. The van der Waals surface area contributed by atoms with Crippen LogP contribution < -0.4 is 4.90 Å². The molecule has 5 rings (SSSR count). The Kier molecular flexibility index (Phi) is 7.45. The van der Waals surface area contributed by atoms with Crippen molar-refractivity contribution in [2.24, 2.45) is 9.98 Å². The van der Waals surface area contributed by atoms with Crippen molar-refractivity contribution >= 4 is 23.4 Å². The number of carbonyl (C=O) groups excluding carboxylic acids is 1. The van der Waals surface area contributed by atoms with Crippen LogP contribution in [-0.2, 0) is 11.2 Å². The second-order valence-electron chi connectivity index (χ2n) is 9.19. The highest BCUT2D eigenvalue weighted by Gasteiger charge is 2.26. The minimum Gasteiger partial charge on any atom is -0.339 e. The number of piperazine rings is 1. The van der Waals surface area contributed by atoms with E-state index >= 15 is 0 Å². The molecule has 2 aliphatic heterocycles. The van der Waals surface area contributed by atoms with Crippen LogP contribution in [0.2, 0.25) is 0 Å². The van der Waals surface area contributed by atoms with Crippen molar-refractivity contribution in [3.05, 3.63) is 89.7 Å². The van der Waals surface area contributed by atoms with Crippen molar-refractivity contribution in [3.63, 3.8) is 0 Å². The summed E-state index contributed by atoms with van der Waals surface area (Å²) < 4.78 is 0. The maximum absolute atomic E-state index is 12.9. The Morgan fingerprint density at radius 1 is 0.917 bits per heavy atom. The molecule has 0 spiro atoms. The quantitative estimate of drug-likeness (QED) is 0.485. The van der Waals surface area contributed by atoms with E-state index in [-0.39, 0.29) is 11.9 Å². The molecule has 0 aliphatic carbocycles. The Bertz CT molecular complexity index is 1230. The molecular weight excluding hydrogens is 448 g/mol. The number of nitrogens with zero attached hydrogens (tertiary/aromatic N) is 6. The summed E-state index contributed by atoms with van der Waals surface area (Å²) in [7, 11) is 0. The molecule has 0 saturated carbocycles. The summed E-state index contributed by atoms with van der Waals surface area (Å²) in [5.74, 6) is 1.73. The van der Waals surface area contributed by atoms with Gasteiger partial charge in [-0.2, -0.15) is 0 Å². The average molecular weight is 481 g/mol. The Labute approximate surface area is 212 Å². The number of amidine groups is 1. The maximum Gasteiger partial charge on any atom is 0.225 e. The fraction of sp³-hybridized carbons (Fsp3) is 0.345. The molecule has 1 atom stereocenters. The van der Waals surface area contributed by atoms with Gasteiger partial charge in [-0.1, -0.05) is 55.5 Å². The Balaban J connectivity index is 1.20. The summed E-state index contributed by atoms with van der Waals surface area (Å²) in [6.45, 7) is 5.07. The molecule has 3 aromatic rings. The van der Waals surface area contributed by atoms with Crippen LogP contribution in [0.1, 0.15) is 42.9 Å². The first-order valence-corrected chi connectivity index (χ1v) is 12.8. The highest BCUT2D eigenvalue weighted by Crippen LogP contribution is 2.23. The van der Waals surface area contributed by atoms with Gasteiger partial charge in [-0.15, -0.1) is 0 Å². The van der Waals surface area contributed by atoms with Crippen molar-refractivity contribution in [1.29, 1.82) is 0 Å². The molecule has 0 bridgehead atoms. The molecule has 7 heteroatoms. The second-order valence-corrected chi connectivity index (χ2v) is 9.19. The average Bonchev–Trinajstić information content (AvgIpc) is 3.38. The standard InChI is InChI=1S/C29H32N6O/c1-2-22-9-6-12-24(21-22)28-32-25(27(33-28)23-10-4-3-5-11-23)13-7-14-26(36)34-17-19-35(20-18-34)29-30-15-8-16-31-29/h3-6,8-12,15-16,21,25H,2,7,13-14,17-20H2,1H3. The molecule has 7 nitrogen and oxygen atoms in total. The highest BCUT2D eigenvalue weighted by molar-refractivity contribution is 6.18. The monoisotopic (exact) mass is 480 g/mol. The number of aliphatic imine (C=N–C) groups is 2. The van der Waals surface area contributed by atoms with Gasteiger partial charge < -0.3 is 9.80 Å². The molecule has 0 N–H and O–H groups in total. The third-order valence-corrected chi connectivity index (χ3v) is 6.82. The van der Waals surface area contributed by atoms with Gasteiger partial charge in [0, 0.05) is 50.6 Å². The topological polar surface area (TPSA) is 74.1 Å². The molecule has 3 heterocycles. The van der Waals surface area contributed by atoms with E-state index in [0.717, 1.165) is 61.0 Å². The number of benzene rings is 2. The van der Waals surface area contributed by atoms with E-state index in [1.54, 1.807) is 12.4 Å². The normalized spacial score (nSPS) is 17.6. The minimum atomic E-state index is -0.0347. The van der Waals surface area contributed by atoms with Crippen LogP contribution in [0.5, 0.6) is 0 Å². The summed E-state index contributed by atoms with van der Waals surface area (Å²) in [5.41, 5.74) is 4.43. The molecular formula is C29H32N6O. The van der Waals surface area contributed by atoms with E-state index in [2.05, 4.69) is 58.2 Å². The van der Waals surface area contributed by atoms with Crippen molar-refractivity contribution < 1.29 is 4.79 Å². The van der Waals surface area contributed by atoms with Gasteiger partial charge in [-0.25, -0.2) is 15.0 Å². The summed E-state index contributed by atoms with van der Waals surface area (Å²) in [5, 5.41) is 0. The molecule has 1 unspecified atom stereocenters. The first-order valence-electron chi connectivity index (χ1n) is 12.8. The zero-order chi connectivity index (χ0) is 24.7. The number of hydrogen-bond acceptors (Lipinski definition) is 6. The van der Waals surface area contributed by atoms with Gasteiger partial charge in [0.05, 0.1) is 11.8 Å². The van der Waals surface area contributed by atoms with E-state index in [1.165, 1.54) is 5.56 Å². The zero-order valence-corrected chi connectivity index (χ0v) is 20.8. The smallest absolute Gasteiger partial charge is 0.225 e. The predicted octanol–water partition coefficient (Wildman–Crippen LogP) is 4.18. The molecule has 1 saturated heterocycles. The Hall–Kier alpha value is -3.87. The minimum absolute atomic E-state index is 0.0347. The lowest BCUT2D eigenvalue weighted by atomic mass is 9.99. The van der Waals surface area contributed by atoms with Crippen LogP contribution in [0.25, 0.3) is 0 Å². The largest absolute Gasteiger partial charge is 0.339 e. The highest BCUT2D eigenvalue weighted by atomic mass is 16.2. The van der Waals surface area contributed by atoms with Crippen molar-refractivity contribution in [1.82, 2.24) is 14.9 Å². The lowest BCUT2D eigenvalue weighted by molar-refractivity contribution is -0.131. The van der Waals surface area contributed by atoms with Gasteiger partial charge in [0.1, 0.15) is 0 Å². The number of aryl methyl sites for hydroxylation is 1. The lowest BCUT2D eigenvalue weighted by Gasteiger charge is -2.34. The summed E-state index contributed by atoms with van der Waals surface area (Å²) in [4.78, 5) is 35.7. The molecule has 2 aliphatic rings. The van der Waals surface area contributed by atoms with Gasteiger partial charge in [0.25, 0.3) is 0 Å². The van der Waals surface area contributed by atoms with E-state index in [9.17, 15) is 4.79 Å². The summed E-state index contributed by atoms with van der Waals surface area (Å²) in [6, 6.07) is 20.5. The van der Waals surface area contributed by atoms with Crippen molar-refractivity contribution in [3.8, 4) is 0 Å². The molecule has 1 amide bonds. The molecule has 1 fully saturated rings. The third-order valence-electron chi connectivity index (χ3n) is 6.82. The van der Waals surface area contributed by atoms with Gasteiger partial charge in [0.2, 0.25) is 11.9 Å². The van der Waals surface area contributed by atoms with E-state index in [1.807, 2.05) is 29.2 Å². The lowest BCUT2D eigenvalue weighted by Crippen LogP contribution is -2.49. The summed E-state index contributed by atoms with van der Waals surface area (Å²) in [6.07, 6.45) is 6.59. The van der Waals surface area contributed by atoms with Gasteiger partial charge in [-0.3, -0.25) is 9.79 Å². The second kappa shape index (κ2) is 11.2. The van der Waals surface area contributed by atoms with Crippen LogP contribution in [0.4, 0.5) is 5.95 Å².